The minimum Gasteiger partial charge on any atom is -0.508 e. The average Bonchev–Trinajstić information content (AvgIpc) is 2.81. The van der Waals surface area contributed by atoms with Crippen molar-refractivity contribution in [1.29, 1.82) is 0 Å². The molecule has 0 aromatic heterocycles. The lowest BCUT2D eigenvalue weighted by Gasteiger charge is -2.12. The van der Waals surface area contributed by atoms with Crippen molar-refractivity contribution in [2.45, 2.75) is 32.2 Å². The van der Waals surface area contributed by atoms with Crippen molar-refractivity contribution in [1.82, 2.24) is 5.32 Å². The molecule has 0 radical (unpaired) electrons. The Hall–Kier alpha value is -4.07. The van der Waals surface area contributed by atoms with Crippen molar-refractivity contribution >= 4 is 17.6 Å². The largest absolute Gasteiger partial charge is 0.508 e. The number of nitrogens with zero attached hydrogens (tertiary/aromatic N) is 1. The number of hydrogen-bond acceptors (Lipinski definition) is 7. The summed E-state index contributed by atoms with van der Waals surface area (Å²) in [5.41, 5.74) is 1.67. The second-order valence-corrected chi connectivity index (χ2v) is 7.67. The maximum absolute atomic E-state index is 12.6. The van der Waals surface area contributed by atoms with E-state index >= 15 is 0 Å². The maximum atomic E-state index is 12.6. The van der Waals surface area contributed by atoms with Crippen LogP contribution >= 0.6 is 0 Å². The third kappa shape index (κ3) is 7.81. The lowest BCUT2D eigenvalue weighted by Crippen LogP contribution is -2.26. The maximum Gasteiger partial charge on any atom is 0.342 e. The molecule has 0 aliphatic carbocycles. The first-order chi connectivity index (χ1) is 16.5. The molecule has 1 aliphatic rings. The quantitative estimate of drug-likeness (QED) is 0.352. The molecule has 3 rings (SSSR count). The van der Waals surface area contributed by atoms with E-state index in [0.29, 0.717) is 24.2 Å². The zero-order valence-corrected chi connectivity index (χ0v) is 18.8. The molecule has 0 saturated carbocycles. The Bertz CT molecular complexity index is 1080. The topological polar surface area (TPSA) is 117 Å². The number of carbonyl (C=O) groups excluding carboxylic acids is 2. The van der Waals surface area contributed by atoms with E-state index in [9.17, 15) is 19.8 Å². The third-order valence-electron chi connectivity index (χ3n) is 4.96. The lowest BCUT2D eigenvalue weighted by atomic mass is 10.00. The van der Waals surface area contributed by atoms with Crippen molar-refractivity contribution < 1.29 is 29.4 Å². The molecular weight excluding hydrogens is 436 g/mol. The molecule has 0 bridgehead atoms. The lowest BCUT2D eigenvalue weighted by molar-refractivity contribution is -0.125. The second kappa shape index (κ2) is 12.8. The summed E-state index contributed by atoms with van der Waals surface area (Å²) in [6, 6.07) is 12.0. The number of allylic oxidation sites excluding steroid dienone is 3. The first-order valence-electron chi connectivity index (χ1n) is 11.1. The molecule has 2 aromatic carbocycles. The van der Waals surface area contributed by atoms with E-state index < -0.39 is 5.97 Å². The van der Waals surface area contributed by atoms with Gasteiger partial charge in [-0.25, -0.2) is 4.79 Å². The Kier molecular flexibility index (Phi) is 9.28. The van der Waals surface area contributed by atoms with Crippen LogP contribution in [0.3, 0.4) is 0 Å². The zero-order chi connectivity index (χ0) is 24.2. The fraction of sp³-hybridized carbons (Fsp3) is 0.269. The van der Waals surface area contributed by atoms with Crippen LogP contribution in [0.2, 0.25) is 0 Å². The van der Waals surface area contributed by atoms with Crippen LogP contribution in [0.5, 0.6) is 11.5 Å². The molecule has 2 aromatic rings. The van der Waals surface area contributed by atoms with Gasteiger partial charge in [0.15, 0.2) is 6.61 Å². The van der Waals surface area contributed by atoms with Crippen LogP contribution in [-0.4, -0.2) is 41.0 Å². The number of carbonyl (C=O) groups is 2. The summed E-state index contributed by atoms with van der Waals surface area (Å²) in [4.78, 5) is 29.9. The smallest absolute Gasteiger partial charge is 0.342 e. The molecule has 1 amide bonds. The summed E-state index contributed by atoms with van der Waals surface area (Å²) in [7, 11) is 0. The fourth-order valence-electron chi connectivity index (χ4n) is 3.32. The fourth-order valence-corrected chi connectivity index (χ4v) is 3.32. The van der Waals surface area contributed by atoms with Crippen LogP contribution < -0.4 is 5.32 Å². The molecule has 8 heteroatoms. The van der Waals surface area contributed by atoms with E-state index in [1.807, 2.05) is 48.6 Å². The molecule has 0 fully saturated rings. The first kappa shape index (κ1) is 24.6. The number of aromatic hydroxyl groups is 2. The molecule has 0 spiro atoms. The van der Waals surface area contributed by atoms with Gasteiger partial charge in [-0.05, 0) is 42.5 Å². The van der Waals surface area contributed by atoms with Crippen molar-refractivity contribution in [3.8, 4) is 11.5 Å². The average molecular weight is 465 g/mol. The van der Waals surface area contributed by atoms with E-state index in [2.05, 4.69) is 10.5 Å². The first-order valence-corrected chi connectivity index (χ1v) is 11.1. The summed E-state index contributed by atoms with van der Waals surface area (Å²) in [6.45, 7) is 0.265. The van der Waals surface area contributed by atoms with Crippen LogP contribution in [0.25, 0.3) is 0 Å². The highest BCUT2D eigenvalue weighted by Gasteiger charge is 2.20. The normalized spacial score (nSPS) is 15.8. The highest BCUT2D eigenvalue weighted by atomic mass is 16.6. The van der Waals surface area contributed by atoms with Gasteiger partial charge < -0.3 is 25.1 Å². The minimum atomic E-state index is -0.692. The van der Waals surface area contributed by atoms with Crippen molar-refractivity contribution in [3.05, 3.63) is 83.5 Å². The van der Waals surface area contributed by atoms with Gasteiger partial charge >= 0.3 is 5.97 Å². The highest BCUT2D eigenvalue weighted by Crippen LogP contribution is 2.29. The van der Waals surface area contributed by atoms with Gasteiger partial charge in [-0.2, -0.15) is 0 Å². The van der Waals surface area contributed by atoms with Gasteiger partial charge in [0.05, 0.1) is 12.3 Å². The number of phenolic OH excluding ortho intramolecular Hbond substituents is 2. The molecule has 0 unspecified atom stereocenters. The number of oxime groups is 1. The van der Waals surface area contributed by atoms with Gasteiger partial charge in [0, 0.05) is 19.0 Å². The molecule has 178 valence electrons. The Labute approximate surface area is 198 Å². The molecule has 3 N–H and O–H groups in total. The van der Waals surface area contributed by atoms with E-state index in [4.69, 9.17) is 9.57 Å². The molecular formula is C26H28N2O6. The number of benzene rings is 2. The summed E-state index contributed by atoms with van der Waals surface area (Å²) < 4.78 is 5.27. The standard InChI is InChI=1S/C26H28N2O6/c29-22-15-20-14-21(28-34-18-24(31)27-17-19-10-6-5-7-11-19)12-8-3-1-2-4-9-13-33-26(32)25(20)23(30)16-22/h2,4-8,10-12,15-16,29-30H,1,3,9,13-14,17-18H2,(H,27,31). The van der Waals surface area contributed by atoms with E-state index in [1.165, 1.54) is 6.07 Å². The number of fused-ring (bicyclic) bond motifs is 1. The Morgan fingerprint density at radius 1 is 1.06 bits per heavy atom. The number of phenols is 2. The van der Waals surface area contributed by atoms with Crippen LogP contribution in [0.15, 0.2) is 71.9 Å². The molecule has 0 atom stereocenters. The van der Waals surface area contributed by atoms with Crippen LogP contribution in [0.1, 0.15) is 40.7 Å². The number of rotatable bonds is 5. The van der Waals surface area contributed by atoms with Gasteiger partial charge in [-0.1, -0.05) is 53.7 Å². The number of nitrogens with one attached hydrogen (secondary N) is 1. The van der Waals surface area contributed by atoms with Crippen molar-refractivity contribution in [2.24, 2.45) is 5.16 Å². The monoisotopic (exact) mass is 464 g/mol. The van der Waals surface area contributed by atoms with Crippen molar-refractivity contribution in [2.75, 3.05) is 13.2 Å². The molecule has 8 nitrogen and oxygen atoms in total. The molecule has 1 aliphatic heterocycles. The SMILES string of the molecule is O=C(CON=C1C=CCCC=CCCOC(=O)c2c(O)cc(O)cc2C1)NCc1ccccc1. The van der Waals surface area contributed by atoms with E-state index in [-0.39, 0.29) is 42.6 Å². The predicted octanol–water partition coefficient (Wildman–Crippen LogP) is 3.78. The number of esters is 1. The number of hydrogen-bond donors (Lipinski definition) is 3. The number of amides is 1. The minimum absolute atomic E-state index is 0.0412. The summed E-state index contributed by atoms with van der Waals surface area (Å²) in [6.07, 6.45) is 9.77. The van der Waals surface area contributed by atoms with Gasteiger partial charge in [0.25, 0.3) is 5.91 Å². The number of ether oxygens (including phenoxy) is 1. The Morgan fingerprint density at radius 2 is 1.82 bits per heavy atom. The van der Waals surface area contributed by atoms with Gasteiger partial charge in [-0.3, -0.25) is 4.79 Å². The zero-order valence-electron chi connectivity index (χ0n) is 18.8. The second-order valence-electron chi connectivity index (χ2n) is 7.67. The third-order valence-corrected chi connectivity index (χ3v) is 4.96. The summed E-state index contributed by atoms with van der Waals surface area (Å²) in [5.74, 6) is -1.60. The Morgan fingerprint density at radius 3 is 2.65 bits per heavy atom. The van der Waals surface area contributed by atoms with Gasteiger partial charge in [0.1, 0.15) is 17.1 Å². The van der Waals surface area contributed by atoms with Crippen LogP contribution in [0, 0.1) is 0 Å². The summed E-state index contributed by atoms with van der Waals surface area (Å²) >= 11 is 0. The van der Waals surface area contributed by atoms with E-state index in [1.54, 1.807) is 6.08 Å². The molecule has 1 heterocycles. The van der Waals surface area contributed by atoms with Gasteiger partial charge in [0.2, 0.25) is 0 Å². The van der Waals surface area contributed by atoms with Crippen LogP contribution in [-0.2, 0) is 27.3 Å². The predicted molar refractivity (Wildman–Crippen MR) is 128 cm³/mol. The molecule has 0 saturated heterocycles. The van der Waals surface area contributed by atoms with Crippen molar-refractivity contribution in [3.63, 3.8) is 0 Å². The Balaban J connectivity index is 1.73. The van der Waals surface area contributed by atoms with E-state index in [0.717, 1.165) is 24.5 Å². The van der Waals surface area contributed by atoms with Crippen LogP contribution in [0.4, 0.5) is 0 Å². The highest BCUT2D eigenvalue weighted by molar-refractivity contribution is 6.00. The molecule has 34 heavy (non-hydrogen) atoms. The summed E-state index contributed by atoms with van der Waals surface area (Å²) in [5, 5.41) is 27.1. The number of cyclic esters (lactones) is 1. The van der Waals surface area contributed by atoms with Gasteiger partial charge in [-0.15, -0.1) is 0 Å².